The topological polar surface area (TPSA) is 32.5 Å². The highest BCUT2D eigenvalue weighted by Crippen LogP contribution is 2.18. The van der Waals surface area contributed by atoms with Gasteiger partial charge in [-0.1, -0.05) is 31.2 Å². The lowest BCUT2D eigenvalue weighted by Gasteiger charge is -2.27. The third kappa shape index (κ3) is 4.03. The third-order valence-corrected chi connectivity index (χ3v) is 4.14. The fourth-order valence-corrected chi connectivity index (χ4v) is 3.03. The number of likely N-dealkylation sites (tertiary alicyclic amines) is 1. The number of hydrogen-bond donors (Lipinski definition) is 1. The summed E-state index contributed by atoms with van der Waals surface area (Å²) < 4.78 is 0. The van der Waals surface area contributed by atoms with Gasteiger partial charge in [-0.2, -0.15) is 0 Å². The highest BCUT2D eigenvalue weighted by Gasteiger charge is 2.23. The van der Waals surface area contributed by atoms with Gasteiger partial charge in [0.05, 0.1) is 0 Å². The molecular weight excluding hydrogens is 234 g/mol. The standard InChI is InChI=1S/C16H27N3/c1-3-19-10-4-5-16(19)13-18(2)12-15-8-6-14(11-17)7-9-15/h6-9,16H,3-5,10-13,17H2,1-2H3. The zero-order valence-electron chi connectivity index (χ0n) is 12.3. The first-order valence-corrected chi connectivity index (χ1v) is 7.43. The summed E-state index contributed by atoms with van der Waals surface area (Å²) in [6, 6.07) is 9.42. The first kappa shape index (κ1) is 14.5. The van der Waals surface area contributed by atoms with Gasteiger partial charge in [0.15, 0.2) is 0 Å². The smallest absolute Gasteiger partial charge is 0.0231 e. The molecular formula is C16H27N3. The van der Waals surface area contributed by atoms with Gasteiger partial charge in [0.25, 0.3) is 0 Å². The number of benzene rings is 1. The van der Waals surface area contributed by atoms with Crippen LogP contribution in [0.2, 0.25) is 0 Å². The molecule has 3 nitrogen and oxygen atoms in total. The van der Waals surface area contributed by atoms with Gasteiger partial charge in [0, 0.05) is 25.7 Å². The Kier molecular flexibility index (Phi) is 5.37. The van der Waals surface area contributed by atoms with Crippen LogP contribution >= 0.6 is 0 Å². The predicted octanol–water partition coefficient (Wildman–Crippen LogP) is 2.06. The molecule has 1 aromatic rings. The van der Waals surface area contributed by atoms with Crippen LogP contribution in [0.4, 0.5) is 0 Å². The molecule has 1 heterocycles. The van der Waals surface area contributed by atoms with E-state index < -0.39 is 0 Å². The van der Waals surface area contributed by atoms with Crippen molar-refractivity contribution in [2.24, 2.45) is 5.73 Å². The summed E-state index contributed by atoms with van der Waals surface area (Å²) in [6.45, 7) is 7.56. The molecule has 0 bridgehead atoms. The van der Waals surface area contributed by atoms with Crippen molar-refractivity contribution in [2.45, 2.75) is 38.9 Å². The van der Waals surface area contributed by atoms with Gasteiger partial charge in [0.2, 0.25) is 0 Å². The van der Waals surface area contributed by atoms with Gasteiger partial charge < -0.3 is 10.6 Å². The molecule has 3 heteroatoms. The molecule has 2 rings (SSSR count). The van der Waals surface area contributed by atoms with Crippen molar-refractivity contribution in [3.63, 3.8) is 0 Å². The van der Waals surface area contributed by atoms with Gasteiger partial charge in [-0.05, 0) is 44.1 Å². The molecule has 19 heavy (non-hydrogen) atoms. The summed E-state index contributed by atoms with van der Waals surface area (Å²) in [4.78, 5) is 5.05. The van der Waals surface area contributed by atoms with Gasteiger partial charge in [-0.3, -0.25) is 4.90 Å². The quantitative estimate of drug-likeness (QED) is 0.851. The molecule has 0 radical (unpaired) electrons. The van der Waals surface area contributed by atoms with Crippen LogP contribution in [-0.2, 0) is 13.1 Å². The molecule has 0 spiro atoms. The normalized spacial score (nSPS) is 20.3. The Labute approximate surface area is 117 Å². The van der Waals surface area contributed by atoms with Crippen molar-refractivity contribution in [1.29, 1.82) is 0 Å². The summed E-state index contributed by atoms with van der Waals surface area (Å²) in [5.74, 6) is 0. The molecule has 0 aromatic heterocycles. The van der Waals surface area contributed by atoms with Crippen LogP contribution in [0.5, 0.6) is 0 Å². The van der Waals surface area contributed by atoms with E-state index in [1.165, 1.54) is 43.6 Å². The fraction of sp³-hybridized carbons (Fsp3) is 0.625. The van der Waals surface area contributed by atoms with E-state index in [-0.39, 0.29) is 0 Å². The lowest BCUT2D eigenvalue weighted by Crippen LogP contribution is -2.38. The lowest BCUT2D eigenvalue weighted by molar-refractivity contribution is 0.195. The van der Waals surface area contributed by atoms with Crippen LogP contribution in [0.25, 0.3) is 0 Å². The van der Waals surface area contributed by atoms with Crippen molar-refractivity contribution in [2.75, 3.05) is 26.7 Å². The summed E-state index contributed by atoms with van der Waals surface area (Å²) in [6.07, 6.45) is 2.71. The number of hydrogen-bond acceptors (Lipinski definition) is 3. The minimum absolute atomic E-state index is 0.629. The molecule has 1 aliphatic rings. The SMILES string of the molecule is CCN1CCCC1CN(C)Cc1ccc(CN)cc1. The van der Waals surface area contributed by atoms with Crippen molar-refractivity contribution in [3.05, 3.63) is 35.4 Å². The number of likely N-dealkylation sites (N-methyl/N-ethyl adjacent to an activating group) is 2. The van der Waals surface area contributed by atoms with Crippen LogP contribution in [0.3, 0.4) is 0 Å². The maximum atomic E-state index is 5.62. The summed E-state index contributed by atoms with van der Waals surface area (Å²) in [5, 5.41) is 0. The molecule has 106 valence electrons. The van der Waals surface area contributed by atoms with E-state index in [9.17, 15) is 0 Å². The Morgan fingerprint density at radius 3 is 2.58 bits per heavy atom. The van der Waals surface area contributed by atoms with Crippen LogP contribution in [0.1, 0.15) is 30.9 Å². The largest absolute Gasteiger partial charge is 0.326 e. The second-order valence-electron chi connectivity index (χ2n) is 5.64. The fourth-order valence-electron chi connectivity index (χ4n) is 3.03. The molecule has 2 N–H and O–H groups in total. The maximum absolute atomic E-state index is 5.62. The molecule has 1 unspecified atom stereocenters. The predicted molar refractivity (Wildman–Crippen MR) is 80.9 cm³/mol. The Morgan fingerprint density at radius 2 is 1.95 bits per heavy atom. The van der Waals surface area contributed by atoms with Crippen molar-refractivity contribution < 1.29 is 0 Å². The van der Waals surface area contributed by atoms with Crippen LogP contribution in [0.15, 0.2) is 24.3 Å². The highest BCUT2D eigenvalue weighted by molar-refractivity contribution is 5.22. The van der Waals surface area contributed by atoms with E-state index in [0.717, 1.165) is 12.6 Å². The van der Waals surface area contributed by atoms with Crippen molar-refractivity contribution in [3.8, 4) is 0 Å². The Hall–Kier alpha value is -0.900. The minimum Gasteiger partial charge on any atom is -0.326 e. The molecule has 1 aliphatic heterocycles. The molecule has 1 saturated heterocycles. The van der Waals surface area contributed by atoms with Crippen LogP contribution < -0.4 is 5.73 Å². The highest BCUT2D eigenvalue weighted by atomic mass is 15.2. The zero-order chi connectivity index (χ0) is 13.7. The molecule has 1 aromatic carbocycles. The van der Waals surface area contributed by atoms with Crippen LogP contribution in [0, 0.1) is 0 Å². The first-order valence-electron chi connectivity index (χ1n) is 7.43. The average molecular weight is 261 g/mol. The van der Waals surface area contributed by atoms with E-state index in [2.05, 4.69) is 48.0 Å². The zero-order valence-corrected chi connectivity index (χ0v) is 12.3. The number of rotatable bonds is 6. The van der Waals surface area contributed by atoms with E-state index in [1.54, 1.807) is 0 Å². The van der Waals surface area contributed by atoms with Gasteiger partial charge in [-0.15, -0.1) is 0 Å². The third-order valence-electron chi connectivity index (χ3n) is 4.14. The van der Waals surface area contributed by atoms with E-state index in [4.69, 9.17) is 5.73 Å². The molecule has 1 fully saturated rings. The van der Waals surface area contributed by atoms with Gasteiger partial charge in [0.1, 0.15) is 0 Å². The lowest BCUT2D eigenvalue weighted by atomic mass is 10.1. The Balaban J connectivity index is 1.84. The molecule has 0 saturated carbocycles. The number of nitrogens with two attached hydrogens (primary N) is 1. The monoisotopic (exact) mass is 261 g/mol. The number of nitrogens with zero attached hydrogens (tertiary/aromatic N) is 2. The van der Waals surface area contributed by atoms with Gasteiger partial charge >= 0.3 is 0 Å². The summed E-state index contributed by atoms with van der Waals surface area (Å²) >= 11 is 0. The van der Waals surface area contributed by atoms with E-state index >= 15 is 0 Å². The average Bonchev–Trinajstić information content (AvgIpc) is 2.86. The molecule has 0 aliphatic carbocycles. The summed E-state index contributed by atoms with van der Waals surface area (Å²) in [5.41, 5.74) is 8.21. The van der Waals surface area contributed by atoms with Crippen molar-refractivity contribution >= 4 is 0 Å². The maximum Gasteiger partial charge on any atom is 0.0231 e. The summed E-state index contributed by atoms with van der Waals surface area (Å²) in [7, 11) is 2.23. The first-order chi connectivity index (χ1) is 9.22. The van der Waals surface area contributed by atoms with E-state index in [1.807, 2.05) is 0 Å². The molecule has 1 atom stereocenters. The Morgan fingerprint density at radius 1 is 1.26 bits per heavy atom. The van der Waals surface area contributed by atoms with Gasteiger partial charge in [-0.25, -0.2) is 0 Å². The van der Waals surface area contributed by atoms with Crippen LogP contribution in [-0.4, -0.2) is 42.5 Å². The van der Waals surface area contributed by atoms with E-state index in [0.29, 0.717) is 6.54 Å². The second kappa shape index (κ2) is 7.04. The minimum atomic E-state index is 0.629. The molecule has 0 amide bonds. The second-order valence-corrected chi connectivity index (χ2v) is 5.64. The Bertz CT molecular complexity index is 374. The van der Waals surface area contributed by atoms with Crippen molar-refractivity contribution in [1.82, 2.24) is 9.80 Å².